The molecule has 4 nitrogen and oxygen atoms in total. The van der Waals surface area contributed by atoms with Crippen LogP contribution in [-0.2, 0) is 11.3 Å². The van der Waals surface area contributed by atoms with E-state index in [1.54, 1.807) is 0 Å². The average Bonchev–Trinajstić information content (AvgIpc) is 2.47. The summed E-state index contributed by atoms with van der Waals surface area (Å²) in [6.45, 7) is 8.39. The van der Waals surface area contributed by atoms with E-state index < -0.39 is 0 Å². The van der Waals surface area contributed by atoms with Crippen LogP contribution in [0.5, 0.6) is 0 Å². The van der Waals surface area contributed by atoms with Gasteiger partial charge in [0.2, 0.25) is 0 Å². The summed E-state index contributed by atoms with van der Waals surface area (Å²) >= 11 is 0. The highest BCUT2D eigenvalue weighted by atomic mass is 16.5. The number of rotatable bonds is 5. The van der Waals surface area contributed by atoms with Gasteiger partial charge >= 0.3 is 5.97 Å². The molecule has 0 aliphatic carbocycles. The summed E-state index contributed by atoms with van der Waals surface area (Å²) < 4.78 is 4.87. The Morgan fingerprint density at radius 2 is 2.19 bits per heavy atom. The fraction of sp³-hybridized carbons (Fsp3) is 0.588. The third-order valence-electron chi connectivity index (χ3n) is 3.91. The van der Waals surface area contributed by atoms with Crippen LogP contribution < -0.4 is 5.32 Å². The lowest BCUT2D eigenvalue weighted by atomic mass is 10.0. The van der Waals surface area contributed by atoms with E-state index in [4.69, 9.17) is 4.74 Å². The highest BCUT2D eigenvalue weighted by Crippen LogP contribution is 2.16. The summed E-state index contributed by atoms with van der Waals surface area (Å²) in [6.07, 6.45) is 1.19. The molecular formula is C17H26N2O2. The Morgan fingerprint density at radius 3 is 2.90 bits per heavy atom. The minimum absolute atomic E-state index is 0.250. The van der Waals surface area contributed by atoms with E-state index in [0.29, 0.717) is 17.5 Å². The number of carbonyl (C=O) groups is 1. The van der Waals surface area contributed by atoms with Crippen molar-refractivity contribution in [1.29, 1.82) is 0 Å². The quantitative estimate of drug-likeness (QED) is 0.845. The predicted molar refractivity (Wildman–Crippen MR) is 84.3 cm³/mol. The minimum atomic E-state index is -0.250. The number of nitrogens with one attached hydrogen (secondary N) is 1. The molecule has 21 heavy (non-hydrogen) atoms. The number of esters is 1. The molecule has 1 aromatic rings. The van der Waals surface area contributed by atoms with Crippen molar-refractivity contribution in [2.24, 2.45) is 5.92 Å². The molecule has 1 N–H and O–H groups in total. The molecule has 1 aliphatic heterocycles. The molecule has 0 unspecified atom stereocenters. The Bertz CT molecular complexity index is 474. The van der Waals surface area contributed by atoms with Crippen LogP contribution in [0.25, 0.3) is 0 Å². The van der Waals surface area contributed by atoms with Crippen LogP contribution in [0.2, 0.25) is 0 Å². The molecule has 1 fully saturated rings. The number of piperazine rings is 1. The van der Waals surface area contributed by atoms with E-state index in [2.05, 4.69) is 24.1 Å². The third kappa shape index (κ3) is 4.55. The van der Waals surface area contributed by atoms with Crippen molar-refractivity contribution >= 4 is 5.97 Å². The topological polar surface area (TPSA) is 41.6 Å². The fourth-order valence-corrected chi connectivity index (χ4v) is 2.97. The summed E-state index contributed by atoms with van der Waals surface area (Å²) in [5.74, 6) is 0.448. The second-order valence-electron chi connectivity index (χ2n) is 6.16. The van der Waals surface area contributed by atoms with E-state index >= 15 is 0 Å². The monoisotopic (exact) mass is 290 g/mol. The fourth-order valence-electron chi connectivity index (χ4n) is 2.97. The van der Waals surface area contributed by atoms with E-state index in [1.807, 2.05) is 24.3 Å². The van der Waals surface area contributed by atoms with Crippen molar-refractivity contribution in [3.8, 4) is 0 Å². The molecule has 1 heterocycles. The largest absolute Gasteiger partial charge is 0.465 e. The maximum atomic E-state index is 11.8. The van der Waals surface area contributed by atoms with Gasteiger partial charge in [0.15, 0.2) is 0 Å². The molecule has 0 spiro atoms. The Hall–Kier alpha value is -1.39. The number of carbonyl (C=O) groups excluding carboxylic acids is 1. The van der Waals surface area contributed by atoms with Crippen molar-refractivity contribution in [2.75, 3.05) is 26.7 Å². The van der Waals surface area contributed by atoms with E-state index in [1.165, 1.54) is 13.5 Å². The maximum absolute atomic E-state index is 11.8. The molecule has 0 amide bonds. The van der Waals surface area contributed by atoms with Gasteiger partial charge in [0, 0.05) is 32.2 Å². The zero-order chi connectivity index (χ0) is 15.2. The zero-order valence-corrected chi connectivity index (χ0v) is 13.3. The third-order valence-corrected chi connectivity index (χ3v) is 3.91. The van der Waals surface area contributed by atoms with Crippen LogP contribution >= 0.6 is 0 Å². The van der Waals surface area contributed by atoms with Gasteiger partial charge in [-0.05, 0) is 24.0 Å². The molecule has 2 rings (SSSR count). The first kappa shape index (κ1) is 16.0. The van der Waals surface area contributed by atoms with Crippen LogP contribution in [0.4, 0.5) is 0 Å². The van der Waals surface area contributed by atoms with Gasteiger partial charge in [0.1, 0.15) is 0 Å². The van der Waals surface area contributed by atoms with Gasteiger partial charge < -0.3 is 10.1 Å². The highest BCUT2D eigenvalue weighted by molar-refractivity contribution is 5.90. The van der Waals surface area contributed by atoms with E-state index in [0.717, 1.165) is 31.7 Å². The summed E-state index contributed by atoms with van der Waals surface area (Å²) in [4.78, 5) is 14.3. The smallest absolute Gasteiger partial charge is 0.338 e. The van der Waals surface area contributed by atoms with E-state index in [9.17, 15) is 4.79 Å². The highest BCUT2D eigenvalue weighted by Gasteiger charge is 2.21. The molecule has 0 radical (unpaired) electrons. The van der Waals surface area contributed by atoms with Crippen molar-refractivity contribution in [2.45, 2.75) is 32.9 Å². The second kappa shape index (κ2) is 7.57. The Kier molecular flexibility index (Phi) is 5.76. The Morgan fingerprint density at radius 1 is 1.43 bits per heavy atom. The van der Waals surface area contributed by atoms with Crippen molar-refractivity contribution in [1.82, 2.24) is 10.2 Å². The number of benzene rings is 1. The molecule has 1 aromatic carbocycles. The van der Waals surface area contributed by atoms with Gasteiger partial charge in [-0.25, -0.2) is 4.79 Å². The molecule has 1 aliphatic rings. The minimum Gasteiger partial charge on any atom is -0.465 e. The molecule has 116 valence electrons. The first-order valence-electron chi connectivity index (χ1n) is 7.72. The molecule has 0 bridgehead atoms. The molecule has 0 aromatic heterocycles. The van der Waals surface area contributed by atoms with Crippen molar-refractivity contribution in [3.05, 3.63) is 35.4 Å². The normalized spacial score (nSPS) is 19.7. The van der Waals surface area contributed by atoms with Gasteiger partial charge in [-0.2, -0.15) is 0 Å². The summed E-state index contributed by atoms with van der Waals surface area (Å²) in [5, 5.41) is 3.58. The van der Waals surface area contributed by atoms with Crippen molar-refractivity contribution in [3.63, 3.8) is 0 Å². The SMILES string of the molecule is COC(=O)c1ccccc1CN1CCN[C@H](CC(C)C)C1. The lowest BCUT2D eigenvalue weighted by molar-refractivity contribution is 0.0597. The molecular weight excluding hydrogens is 264 g/mol. The zero-order valence-electron chi connectivity index (χ0n) is 13.3. The second-order valence-corrected chi connectivity index (χ2v) is 6.16. The first-order valence-corrected chi connectivity index (χ1v) is 7.72. The summed E-state index contributed by atoms with van der Waals surface area (Å²) in [7, 11) is 1.43. The van der Waals surface area contributed by atoms with Crippen LogP contribution in [0, 0.1) is 5.92 Å². The van der Waals surface area contributed by atoms with Crippen LogP contribution in [0.1, 0.15) is 36.2 Å². The number of methoxy groups -OCH3 is 1. The number of hydrogen-bond acceptors (Lipinski definition) is 4. The van der Waals surface area contributed by atoms with Gasteiger partial charge in [-0.1, -0.05) is 32.0 Å². The summed E-state index contributed by atoms with van der Waals surface area (Å²) in [5.41, 5.74) is 1.73. The predicted octanol–water partition coefficient (Wildman–Crippen LogP) is 2.29. The van der Waals surface area contributed by atoms with Gasteiger partial charge in [0.25, 0.3) is 0 Å². The summed E-state index contributed by atoms with van der Waals surface area (Å²) in [6, 6.07) is 8.27. The average molecular weight is 290 g/mol. The van der Waals surface area contributed by atoms with Crippen molar-refractivity contribution < 1.29 is 9.53 Å². The maximum Gasteiger partial charge on any atom is 0.338 e. The number of hydrogen-bond donors (Lipinski definition) is 1. The Balaban J connectivity index is 2.02. The van der Waals surface area contributed by atoms with Crippen LogP contribution in [-0.4, -0.2) is 43.7 Å². The number of nitrogens with zero attached hydrogens (tertiary/aromatic N) is 1. The first-order chi connectivity index (χ1) is 10.1. The number of ether oxygens (including phenoxy) is 1. The lowest BCUT2D eigenvalue weighted by Gasteiger charge is -2.34. The van der Waals surface area contributed by atoms with Gasteiger partial charge in [-0.15, -0.1) is 0 Å². The van der Waals surface area contributed by atoms with Gasteiger partial charge in [-0.3, -0.25) is 4.90 Å². The molecule has 0 saturated carbocycles. The van der Waals surface area contributed by atoms with Gasteiger partial charge in [0.05, 0.1) is 12.7 Å². The Labute approximate surface area is 127 Å². The lowest BCUT2D eigenvalue weighted by Crippen LogP contribution is -2.50. The molecule has 1 atom stereocenters. The van der Waals surface area contributed by atoms with Crippen LogP contribution in [0.3, 0.4) is 0 Å². The van der Waals surface area contributed by atoms with E-state index in [-0.39, 0.29) is 5.97 Å². The molecule has 1 saturated heterocycles. The standard InChI is InChI=1S/C17H26N2O2/c1-13(2)10-15-12-19(9-8-18-15)11-14-6-4-5-7-16(14)17(20)21-3/h4-7,13,15,18H,8-12H2,1-3H3/t15-/m1/s1. The molecule has 4 heteroatoms. The van der Waals surface area contributed by atoms with Crippen LogP contribution in [0.15, 0.2) is 24.3 Å².